The maximum atomic E-state index is 13.2. The van der Waals surface area contributed by atoms with Crippen LogP contribution in [0.2, 0.25) is 0 Å². The van der Waals surface area contributed by atoms with Crippen LogP contribution in [-0.2, 0) is 0 Å². The molecule has 154 valence electrons. The topological polar surface area (TPSA) is 88.9 Å². The van der Waals surface area contributed by atoms with Crippen molar-refractivity contribution in [1.82, 2.24) is 4.98 Å². The highest BCUT2D eigenvalue weighted by Gasteiger charge is 2.39. The van der Waals surface area contributed by atoms with Crippen LogP contribution >= 0.6 is 0 Å². The zero-order valence-electron chi connectivity index (χ0n) is 16.4. The van der Waals surface area contributed by atoms with Gasteiger partial charge in [0.05, 0.1) is 23.1 Å². The molecule has 2 atom stereocenters. The smallest absolute Gasteiger partial charge is 0.226 e. The molecule has 4 aromatic rings. The first kappa shape index (κ1) is 19.2. The molecule has 0 amide bonds. The molecule has 0 unspecified atom stereocenters. The number of fused-ring (bicyclic) bond motifs is 2. The Morgan fingerprint density at radius 1 is 0.903 bits per heavy atom. The zero-order valence-corrected chi connectivity index (χ0v) is 16.4. The third-order valence-corrected chi connectivity index (χ3v) is 5.28. The number of Topliss-reactive ketones (excluding diaryl/α,β-unsaturated/α-hetero) is 1. The van der Waals surface area contributed by atoms with Gasteiger partial charge in [0.2, 0.25) is 11.7 Å². The van der Waals surface area contributed by atoms with E-state index in [2.05, 4.69) is 4.98 Å². The van der Waals surface area contributed by atoms with Crippen molar-refractivity contribution in [2.75, 3.05) is 6.61 Å². The molecular formula is C25H19NO5. The van der Waals surface area contributed by atoms with Crippen LogP contribution in [0, 0.1) is 0 Å². The molecule has 6 heteroatoms. The number of ether oxygens (including phenoxy) is 2. The Morgan fingerprint density at radius 3 is 2.32 bits per heavy atom. The van der Waals surface area contributed by atoms with Gasteiger partial charge in [-0.3, -0.25) is 4.79 Å². The summed E-state index contributed by atoms with van der Waals surface area (Å²) in [4.78, 5) is 17.7. The first-order valence-electron chi connectivity index (χ1n) is 9.92. The summed E-state index contributed by atoms with van der Waals surface area (Å²) in [6, 6.07) is 24.2. The summed E-state index contributed by atoms with van der Waals surface area (Å²) in [7, 11) is 0. The standard InChI is InChI=1S/C25H19NO5/c27-14-19-23(28)24(29)22-20(15-8-3-1-4-9-15)21-17(26-25(22)31-19)12-7-13-18(21)30-16-10-5-2-6-11-16/h1-13,19,23,27-28H,14H2/t19-,23-/m1/s1. The van der Waals surface area contributed by atoms with Crippen molar-refractivity contribution in [2.24, 2.45) is 0 Å². The van der Waals surface area contributed by atoms with E-state index in [-0.39, 0.29) is 11.4 Å². The highest BCUT2D eigenvalue weighted by molar-refractivity contribution is 6.15. The SMILES string of the molecule is O=C1c2c(nc3cccc(Oc4ccccc4)c3c2-c2ccccc2)O[C@H](CO)[C@H]1O. The monoisotopic (exact) mass is 413 g/mol. The number of aromatic nitrogens is 1. The van der Waals surface area contributed by atoms with Crippen molar-refractivity contribution in [1.29, 1.82) is 0 Å². The molecule has 5 rings (SSSR count). The van der Waals surface area contributed by atoms with E-state index in [9.17, 15) is 15.0 Å². The van der Waals surface area contributed by atoms with Gasteiger partial charge in [-0.25, -0.2) is 4.98 Å². The van der Waals surface area contributed by atoms with E-state index in [0.717, 1.165) is 5.56 Å². The third-order valence-electron chi connectivity index (χ3n) is 5.28. The minimum Gasteiger partial charge on any atom is -0.468 e. The number of rotatable bonds is 4. The second-order valence-corrected chi connectivity index (χ2v) is 7.25. The first-order valence-corrected chi connectivity index (χ1v) is 9.92. The maximum absolute atomic E-state index is 13.2. The number of hydrogen-bond donors (Lipinski definition) is 2. The van der Waals surface area contributed by atoms with Gasteiger partial charge >= 0.3 is 0 Å². The lowest BCUT2D eigenvalue weighted by Crippen LogP contribution is -2.45. The minimum atomic E-state index is -1.48. The largest absolute Gasteiger partial charge is 0.468 e. The Bertz CT molecular complexity index is 1260. The molecule has 1 aliphatic rings. The molecule has 1 aromatic heterocycles. The summed E-state index contributed by atoms with van der Waals surface area (Å²) in [5.41, 5.74) is 2.10. The molecule has 0 spiro atoms. The predicted molar refractivity (Wildman–Crippen MR) is 116 cm³/mol. The van der Waals surface area contributed by atoms with E-state index in [1.807, 2.05) is 78.9 Å². The maximum Gasteiger partial charge on any atom is 0.226 e. The second kappa shape index (κ2) is 7.83. The van der Waals surface area contributed by atoms with Crippen molar-refractivity contribution in [3.63, 3.8) is 0 Å². The molecule has 0 bridgehead atoms. The molecule has 0 fully saturated rings. The van der Waals surface area contributed by atoms with E-state index >= 15 is 0 Å². The average molecular weight is 413 g/mol. The number of para-hydroxylation sites is 1. The fourth-order valence-corrected chi connectivity index (χ4v) is 3.83. The second-order valence-electron chi connectivity index (χ2n) is 7.25. The number of benzene rings is 3. The van der Waals surface area contributed by atoms with Gasteiger partial charge in [0.15, 0.2) is 12.2 Å². The molecule has 3 aromatic carbocycles. The summed E-state index contributed by atoms with van der Waals surface area (Å²) in [5, 5.41) is 20.6. The van der Waals surface area contributed by atoms with Crippen molar-refractivity contribution in [2.45, 2.75) is 12.2 Å². The van der Waals surface area contributed by atoms with Gasteiger partial charge in [0.25, 0.3) is 0 Å². The summed E-state index contributed by atoms with van der Waals surface area (Å²) >= 11 is 0. The van der Waals surface area contributed by atoms with Gasteiger partial charge in [0.1, 0.15) is 11.5 Å². The van der Waals surface area contributed by atoms with Crippen molar-refractivity contribution >= 4 is 16.7 Å². The Kier molecular flexibility index (Phi) is 4.86. The highest BCUT2D eigenvalue weighted by atomic mass is 16.5. The molecule has 2 N–H and O–H groups in total. The van der Waals surface area contributed by atoms with Crippen molar-refractivity contribution < 1.29 is 24.5 Å². The van der Waals surface area contributed by atoms with Gasteiger partial charge in [0, 0.05) is 5.56 Å². The quantitative estimate of drug-likeness (QED) is 0.526. The lowest BCUT2D eigenvalue weighted by molar-refractivity contribution is -0.00282. The summed E-state index contributed by atoms with van der Waals surface area (Å²) in [5.74, 6) is 0.736. The molecule has 0 saturated heterocycles. The number of ketones is 1. The predicted octanol–water partition coefficient (Wildman–Crippen LogP) is 3.99. The molecular weight excluding hydrogens is 394 g/mol. The number of carbonyl (C=O) groups is 1. The lowest BCUT2D eigenvalue weighted by atomic mass is 9.89. The van der Waals surface area contributed by atoms with E-state index in [0.29, 0.717) is 28.0 Å². The molecule has 31 heavy (non-hydrogen) atoms. The fourth-order valence-electron chi connectivity index (χ4n) is 3.83. The summed E-state index contributed by atoms with van der Waals surface area (Å²) < 4.78 is 11.9. The van der Waals surface area contributed by atoms with E-state index in [1.165, 1.54) is 0 Å². The van der Waals surface area contributed by atoms with E-state index < -0.39 is 24.6 Å². The van der Waals surface area contributed by atoms with Crippen LogP contribution in [-0.4, -0.2) is 39.8 Å². The van der Waals surface area contributed by atoms with Crippen LogP contribution in [0.5, 0.6) is 17.4 Å². The Morgan fingerprint density at radius 2 is 1.61 bits per heavy atom. The molecule has 1 aliphatic heterocycles. The highest BCUT2D eigenvalue weighted by Crippen LogP contribution is 2.44. The number of hydrogen-bond acceptors (Lipinski definition) is 6. The molecule has 0 saturated carbocycles. The van der Waals surface area contributed by atoms with Gasteiger partial charge in [-0.2, -0.15) is 0 Å². The number of aliphatic hydroxyl groups excluding tert-OH is 2. The van der Waals surface area contributed by atoms with E-state index in [4.69, 9.17) is 9.47 Å². The third kappa shape index (κ3) is 3.32. The van der Waals surface area contributed by atoms with Gasteiger partial charge in [-0.05, 0) is 29.8 Å². The van der Waals surface area contributed by atoms with Crippen LogP contribution in [0.15, 0.2) is 78.9 Å². The Labute approximate surface area is 178 Å². The minimum absolute atomic E-state index is 0.0950. The number of pyridine rings is 1. The Hall–Kier alpha value is -3.74. The van der Waals surface area contributed by atoms with Crippen LogP contribution in [0.1, 0.15) is 10.4 Å². The zero-order chi connectivity index (χ0) is 21.4. The van der Waals surface area contributed by atoms with Crippen LogP contribution < -0.4 is 9.47 Å². The van der Waals surface area contributed by atoms with Crippen LogP contribution in [0.3, 0.4) is 0 Å². The van der Waals surface area contributed by atoms with Crippen molar-refractivity contribution in [3.05, 3.63) is 84.4 Å². The first-order chi connectivity index (χ1) is 15.2. The molecule has 0 aliphatic carbocycles. The van der Waals surface area contributed by atoms with Crippen LogP contribution in [0.4, 0.5) is 0 Å². The lowest BCUT2D eigenvalue weighted by Gasteiger charge is -2.29. The average Bonchev–Trinajstić information content (AvgIpc) is 2.81. The number of nitrogens with zero attached hydrogens (tertiary/aromatic N) is 1. The van der Waals surface area contributed by atoms with E-state index in [1.54, 1.807) is 0 Å². The number of carbonyl (C=O) groups excluding carboxylic acids is 1. The molecule has 2 heterocycles. The summed E-state index contributed by atoms with van der Waals surface area (Å²) in [6.45, 7) is -0.496. The van der Waals surface area contributed by atoms with Crippen LogP contribution in [0.25, 0.3) is 22.0 Å². The molecule has 6 nitrogen and oxygen atoms in total. The summed E-state index contributed by atoms with van der Waals surface area (Å²) in [6.07, 6.45) is -2.54. The van der Waals surface area contributed by atoms with Gasteiger partial charge in [-0.15, -0.1) is 0 Å². The van der Waals surface area contributed by atoms with Crippen molar-refractivity contribution in [3.8, 4) is 28.5 Å². The normalized spacial score (nSPS) is 17.8. The Balaban J connectivity index is 1.82. The fraction of sp³-hybridized carbons (Fsp3) is 0.120. The number of aliphatic hydroxyl groups is 2. The molecule has 0 radical (unpaired) electrons. The van der Waals surface area contributed by atoms with Gasteiger partial charge in [-0.1, -0.05) is 54.6 Å². The van der Waals surface area contributed by atoms with Gasteiger partial charge < -0.3 is 19.7 Å².